The Morgan fingerprint density at radius 1 is 1.16 bits per heavy atom. The Morgan fingerprint density at radius 3 is 2.41 bits per heavy atom. The number of hydrogen-bond donors (Lipinski definition) is 2. The van der Waals surface area contributed by atoms with Crippen LogP contribution in [-0.4, -0.2) is 51.7 Å². The molecule has 4 saturated carbocycles. The highest BCUT2D eigenvalue weighted by atomic mass is 32.2. The van der Waals surface area contributed by atoms with Crippen LogP contribution >= 0.6 is 0 Å². The molecule has 0 aliphatic heterocycles. The van der Waals surface area contributed by atoms with Gasteiger partial charge in [0.2, 0.25) is 10.0 Å². The molecule has 2 atom stereocenters. The summed E-state index contributed by atoms with van der Waals surface area (Å²) in [5.74, 6) is 1.60. The van der Waals surface area contributed by atoms with Gasteiger partial charge in [-0.1, -0.05) is 0 Å². The topological polar surface area (TPSA) is 111 Å². The number of sulfonamides is 1. The molecule has 10 heteroatoms. The van der Waals surface area contributed by atoms with Gasteiger partial charge in [0, 0.05) is 24.0 Å². The molecule has 4 aliphatic carbocycles. The van der Waals surface area contributed by atoms with E-state index in [1.807, 2.05) is 37.7 Å². The van der Waals surface area contributed by atoms with Gasteiger partial charge in [-0.3, -0.25) is 4.79 Å². The van der Waals surface area contributed by atoms with Crippen LogP contribution in [0.25, 0.3) is 5.82 Å². The van der Waals surface area contributed by atoms with Crippen LogP contribution in [0.4, 0.5) is 0 Å². The second kappa shape index (κ2) is 7.15. The zero-order valence-corrected chi connectivity index (χ0v) is 19.9. The van der Waals surface area contributed by atoms with Crippen LogP contribution in [0.1, 0.15) is 63.2 Å². The summed E-state index contributed by atoms with van der Waals surface area (Å²) in [5, 5.41) is 12.2. The maximum absolute atomic E-state index is 13.5. The molecule has 2 aromatic heterocycles. The van der Waals surface area contributed by atoms with E-state index in [9.17, 15) is 13.2 Å². The number of hydrogen-bond acceptors (Lipinski definition) is 5. The summed E-state index contributed by atoms with van der Waals surface area (Å²) < 4.78 is 30.5. The Balaban J connectivity index is 1.41. The predicted molar refractivity (Wildman–Crippen MR) is 120 cm³/mol. The number of nitrogens with zero attached hydrogens (tertiary/aromatic N) is 4. The zero-order chi connectivity index (χ0) is 22.9. The van der Waals surface area contributed by atoms with E-state index in [-0.39, 0.29) is 34.9 Å². The van der Waals surface area contributed by atoms with Gasteiger partial charge in [0.05, 0.1) is 18.0 Å². The van der Waals surface area contributed by atoms with Gasteiger partial charge >= 0.3 is 0 Å². The molecule has 174 valence electrons. The van der Waals surface area contributed by atoms with Crippen LogP contribution in [0.2, 0.25) is 0 Å². The summed E-state index contributed by atoms with van der Waals surface area (Å²) in [6, 6.07) is 1.88. The molecule has 32 heavy (non-hydrogen) atoms. The maximum Gasteiger partial charge on any atom is 0.256 e. The second-order valence-corrected chi connectivity index (χ2v) is 12.8. The highest BCUT2D eigenvalue weighted by molar-refractivity contribution is 7.88. The number of aromatic nitrogens is 4. The molecule has 0 unspecified atom stereocenters. The van der Waals surface area contributed by atoms with Gasteiger partial charge in [0.15, 0.2) is 5.82 Å². The molecule has 2 heterocycles. The van der Waals surface area contributed by atoms with E-state index in [1.54, 1.807) is 17.1 Å². The van der Waals surface area contributed by atoms with Crippen molar-refractivity contribution >= 4 is 15.9 Å². The average Bonchev–Trinajstić information content (AvgIpc) is 3.30. The Kier molecular flexibility index (Phi) is 4.83. The molecule has 2 N–H and O–H groups in total. The quantitative estimate of drug-likeness (QED) is 0.709. The first-order valence-corrected chi connectivity index (χ1v) is 13.2. The fourth-order valence-electron chi connectivity index (χ4n) is 6.62. The summed E-state index contributed by atoms with van der Waals surface area (Å²) in [5.41, 5.74) is -0.157. The molecule has 0 saturated heterocycles. The summed E-state index contributed by atoms with van der Waals surface area (Å²) >= 11 is 0. The smallest absolute Gasteiger partial charge is 0.256 e. The van der Waals surface area contributed by atoms with Gasteiger partial charge in [-0.15, -0.1) is 0 Å². The average molecular weight is 461 g/mol. The molecular weight excluding hydrogens is 428 g/mol. The minimum Gasteiger partial charge on any atom is -0.349 e. The van der Waals surface area contributed by atoms with Crippen molar-refractivity contribution in [1.82, 2.24) is 29.6 Å². The fourth-order valence-corrected chi connectivity index (χ4v) is 7.65. The monoisotopic (exact) mass is 460 g/mol. The summed E-state index contributed by atoms with van der Waals surface area (Å²) in [7, 11) is -3.27. The van der Waals surface area contributed by atoms with E-state index in [4.69, 9.17) is 0 Å². The standard InChI is InChI=1S/C22H32N6O3S/c1-21(2,3)28-20(27-7-5-6-23-27)17(13-24-28)19(29)25-18-15-8-14-9-16(18)12-22(10-14,11-15)26-32(4,30)31/h5-7,13-16,18,26H,8-12H2,1-4H3,(H,25,29)/t14?,15-,16-,18?,22?/m0/s1. The zero-order valence-electron chi connectivity index (χ0n) is 19.1. The van der Waals surface area contributed by atoms with Crippen molar-refractivity contribution in [1.29, 1.82) is 0 Å². The van der Waals surface area contributed by atoms with Gasteiger partial charge in [0.25, 0.3) is 5.91 Å². The number of rotatable bonds is 5. The van der Waals surface area contributed by atoms with E-state index in [1.165, 1.54) is 6.26 Å². The van der Waals surface area contributed by atoms with E-state index < -0.39 is 10.0 Å². The fraction of sp³-hybridized carbons (Fsp3) is 0.682. The molecule has 0 spiro atoms. The SMILES string of the molecule is CC(C)(C)n1ncc(C(=O)NC2[C@H]3CC4C[C@H]2CC(NS(C)(=O)=O)(C4)C3)c1-n1cccn1. The highest BCUT2D eigenvalue weighted by Crippen LogP contribution is 2.56. The van der Waals surface area contributed by atoms with Gasteiger partial charge in [-0.2, -0.15) is 10.2 Å². The first-order chi connectivity index (χ1) is 14.9. The lowest BCUT2D eigenvalue weighted by Gasteiger charge is -2.59. The Morgan fingerprint density at radius 2 is 1.84 bits per heavy atom. The van der Waals surface area contributed by atoms with Crippen molar-refractivity contribution in [3.8, 4) is 5.82 Å². The van der Waals surface area contributed by atoms with Crippen molar-refractivity contribution in [2.45, 2.75) is 70.0 Å². The van der Waals surface area contributed by atoms with Crippen LogP contribution in [0, 0.1) is 17.8 Å². The third-order valence-electron chi connectivity index (χ3n) is 7.32. The van der Waals surface area contributed by atoms with Crippen molar-refractivity contribution in [2.75, 3.05) is 6.26 Å². The summed E-state index contributed by atoms with van der Waals surface area (Å²) in [6.45, 7) is 6.13. The minimum atomic E-state index is -3.27. The van der Waals surface area contributed by atoms with Crippen LogP contribution in [0.5, 0.6) is 0 Å². The van der Waals surface area contributed by atoms with Gasteiger partial charge in [0.1, 0.15) is 5.56 Å². The van der Waals surface area contributed by atoms with Gasteiger partial charge < -0.3 is 5.32 Å². The third-order valence-corrected chi connectivity index (χ3v) is 8.12. The van der Waals surface area contributed by atoms with Gasteiger partial charge in [-0.05, 0) is 76.7 Å². The van der Waals surface area contributed by atoms with E-state index in [0.717, 1.165) is 32.1 Å². The largest absolute Gasteiger partial charge is 0.349 e. The minimum absolute atomic E-state index is 0.0528. The summed E-state index contributed by atoms with van der Waals surface area (Å²) in [4.78, 5) is 13.5. The van der Waals surface area contributed by atoms with Crippen LogP contribution < -0.4 is 10.0 Å². The number of nitrogens with one attached hydrogen (secondary N) is 2. The summed E-state index contributed by atoms with van der Waals surface area (Å²) in [6.07, 6.45) is 10.9. The molecule has 4 fully saturated rings. The Labute approximate surface area is 189 Å². The Hall–Kier alpha value is -2.20. The molecule has 9 nitrogen and oxygen atoms in total. The number of carbonyl (C=O) groups is 1. The van der Waals surface area contributed by atoms with Crippen molar-refractivity contribution in [2.24, 2.45) is 17.8 Å². The molecule has 1 amide bonds. The van der Waals surface area contributed by atoms with Crippen LogP contribution in [0.15, 0.2) is 24.7 Å². The number of amides is 1. The van der Waals surface area contributed by atoms with Crippen molar-refractivity contribution in [3.05, 3.63) is 30.2 Å². The molecule has 0 radical (unpaired) electrons. The molecular formula is C22H32N6O3S. The molecule has 0 aromatic carbocycles. The van der Waals surface area contributed by atoms with E-state index in [0.29, 0.717) is 17.3 Å². The van der Waals surface area contributed by atoms with E-state index in [2.05, 4.69) is 20.2 Å². The van der Waals surface area contributed by atoms with Crippen LogP contribution in [-0.2, 0) is 15.6 Å². The molecule has 4 bridgehead atoms. The normalized spacial score (nSPS) is 31.8. The Bertz CT molecular complexity index is 1120. The maximum atomic E-state index is 13.5. The van der Waals surface area contributed by atoms with E-state index >= 15 is 0 Å². The van der Waals surface area contributed by atoms with Crippen molar-refractivity contribution in [3.63, 3.8) is 0 Å². The second-order valence-electron chi connectivity index (χ2n) is 11.0. The number of carbonyl (C=O) groups excluding carboxylic acids is 1. The third kappa shape index (κ3) is 3.77. The lowest BCUT2D eigenvalue weighted by molar-refractivity contribution is -0.0347. The molecule has 2 aromatic rings. The predicted octanol–water partition coefficient (Wildman–Crippen LogP) is 2.05. The lowest BCUT2D eigenvalue weighted by Crippen LogP contribution is -2.66. The molecule has 6 rings (SSSR count). The highest BCUT2D eigenvalue weighted by Gasteiger charge is 2.56. The first-order valence-electron chi connectivity index (χ1n) is 11.3. The van der Waals surface area contributed by atoms with Crippen molar-refractivity contribution < 1.29 is 13.2 Å². The lowest BCUT2D eigenvalue weighted by atomic mass is 9.51. The molecule has 4 aliphatic rings. The van der Waals surface area contributed by atoms with Crippen LogP contribution in [0.3, 0.4) is 0 Å². The van der Waals surface area contributed by atoms with Gasteiger partial charge in [-0.25, -0.2) is 22.5 Å². The first kappa shape index (κ1) is 21.6.